The molecule has 1 atom stereocenters. The zero-order valence-electron chi connectivity index (χ0n) is 11.4. The number of nitrogens with one attached hydrogen (secondary N) is 1. The number of hydrogen-bond donors (Lipinski definition) is 2. The summed E-state index contributed by atoms with van der Waals surface area (Å²) in [6.45, 7) is 2.32. The smallest absolute Gasteiger partial charge is 0.332 e. The fourth-order valence-corrected chi connectivity index (χ4v) is 2.27. The second-order valence-corrected chi connectivity index (χ2v) is 4.63. The third-order valence-corrected chi connectivity index (χ3v) is 3.16. The third kappa shape index (κ3) is 2.47. The molecule has 0 spiro atoms. The van der Waals surface area contributed by atoms with Gasteiger partial charge in [-0.2, -0.15) is 0 Å². The molecule has 5 heteroatoms. The fourth-order valence-electron chi connectivity index (χ4n) is 2.27. The maximum Gasteiger partial charge on any atom is 0.332 e. The number of aliphatic hydroxyl groups is 1. The van der Waals surface area contributed by atoms with E-state index in [1.807, 2.05) is 31.2 Å². The summed E-state index contributed by atoms with van der Waals surface area (Å²) in [6, 6.07) is 7.42. The number of imidazole rings is 1. The number of benzene rings is 1. The molecule has 5 nitrogen and oxygen atoms in total. The molecule has 1 aromatic carbocycles. The third-order valence-electron chi connectivity index (χ3n) is 3.16. The monoisotopic (exact) mass is 261 g/mol. The van der Waals surface area contributed by atoms with Gasteiger partial charge >= 0.3 is 5.69 Å². The molecule has 0 radical (unpaired) electrons. The second kappa shape index (κ2) is 5.42. The number of aryl methyl sites for hydroxylation is 2. The van der Waals surface area contributed by atoms with Gasteiger partial charge in [0.2, 0.25) is 0 Å². The Kier molecular flexibility index (Phi) is 3.87. The number of aliphatic hydroxyl groups excluding tert-OH is 1. The average molecular weight is 261 g/mol. The van der Waals surface area contributed by atoms with Crippen molar-refractivity contribution in [3.8, 4) is 5.69 Å². The van der Waals surface area contributed by atoms with Crippen molar-refractivity contribution in [3.05, 3.63) is 52.2 Å². The van der Waals surface area contributed by atoms with E-state index in [2.05, 4.69) is 5.32 Å². The lowest BCUT2D eigenvalue weighted by Crippen LogP contribution is -2.24. The highest BCUT2D eigenvalue weighted by molar-refractivity contribution is 5.43. The Morgan fingerprint density at radius 1 is 1.37 bits per heavy atom. The normalized spacial score (nSPS) is 12.6. The summed E-state index contributed by atoms with van der Waals surface area (Å²) >= 11 is 0. The van der Waals surface area contributed by atoms with Crippen LogP contribution < -0.4 is 11.0 Å². The van der Waals surface area contributed by atoms with Crippen LogP contribution in [0.4, 0.5) is 0 Å². The summed E-state index contributed by atoms with van der Waals surface area (Å²) in [6.07, 6.45) is 1.14. The second-order valence-electron chi connectivity index (χ2n) is 4.63. The summed E-state index contributed by atoms with van der Waals surface area (Å²) in [7, 11) is 3.50. The fraction of sp³-hybridized carbons (Fsp3) is 0.357. The van der Waals surface area contributed by atoms with Crippen molar-refractivity contribution in [1.29, 1.82) is 0 Å². The standard InChI is InChI=1S/C14H19N3O2/c1-10-9-16(3)14(19)17(10)12-7-5-4-6-11(12)13(18)8-15-2/h4-7,9,13,15,18H,8H2,1-3H3. The first-order valence-electron chi connectivity index (χ1n) is 6.23. The lowest BCUT2D eigenvalue weighted by atomic mass is 10.1. The van der Waals surface area contributed by atoms with E-state index < -0.39 is 6.10 Å². The molecule has 0 aliphatic carbocycles. The lowest BCUT2D eigenvalue weighted by Gasteiger charge is -2.16. The molecule has 0 saturated carbocycles. The van der Waals surface area contributed by atoms with Gasteiger partial charge in [0.05, 0.1) is 11.8 Å². The van der Waals surface area contributed by atoms with Gasteiger partial charge in [0.15, 0.2) is 0 Å². The first-order valence-corrected chi connectivity index (χ1v) is 6.23. The quantitative estimate of drug-likeness (QED) is 0.853. The molecule has 19 heavy (non-hydrogen) atoms. The van der Waals surface area contributed by atoms with E-state index in [0.717, 1.165) is 16.9 Å². The Morgan fingerprint density at radius 3 is 2.63 bits per heavy atom. The molecule has 0 saturated heterocycles. The molecule has 0 aliphatic rings. The highest BCUT2D eigenvalue weighted by Crippen LogP contribution is 2.21. The number of hydrogen-bond acceptors (Lipinski definition) is 3. The number of rotatable bonds is 4. The number of para-hydroxylation sites is 1. The lowest BCUT2D eigenvalue weighted by molar-refractivity contribution is 0.177. The van der Waals surface area contributed by atoms with Crippen molar-refractivity contribution >= 4 is 0 Å². The first-order chi connectivity index (χ1) is 9.06. The van der Waals surface area contributed by atoms with E-state index in [-0.39, 0.29) is 5.69 Å². The topological polar surface area (TPSA) is 59.2 Å². The van der Waals surface area contributed by atoms with Crippen LogP contribution in [0.3, 0.4) is 0 Å². The van der Waals surface area contributed by atoms with Crippen LogP contribution in [-0.2, 0) is 7.05 Å². The minimum Gasteiger partial charge on any atom is -0.387 e. The predicted octanol–water partition coefficient (Wildman–Crippen LogP) is 0.737. The highest BCUT2D eigenvalue weighted by atomic mass is 16.3. The maximum atomic E-state index is 12.2. The van der Waals surface area contributed by atoms with Crippen molar-refractivity contribution in [3.63, 3.8) is 0 Å². The van der Waals surface area contributed by atoms with Crippen molar-refractivity contribution in [1.82, 2.24) is 14.5 Å². The molecule has 0 amide bonds. The first kappa shape index (κ1) is 13.6. The summed E-state index contributed by atoms with van der Waals surface area (Å²) in [5.74, 6) is 0. The number of likely N-dealkylation sites (N-methyl/N-ethyl adjacent to an activating group) is 1. The zero-order chi connectivity index (χ0) is 14.0. The van der Waals surface area contributed by atoms with E-state index in [1.54, 1.807) is 24.9 Å². The van der Waals surface area contributed by atoms with Gasteiger partial charge in [-0.05, 0) is 20.0 Å². The molecule has 0 fully saturated rings. The SMILES string of the molecule is CNCC(O)c1ccccc1-n1c(C)cn(C)c1=O. The highest BCUT2D eigenvalue weighted by Gasteiger charge is 2.16. The van der Waals surface area contributed by atoms with Crippen molar-refractivity contribution in [2.45, 2.75) is 13.0 Å². The summed E-state index contributed by atoms with van der Waals surface area (Å²) < 4.78 is 3.16. The van der Waals surface area contributed by atoms with Crippen LogP contribution in [0, 0.1) is 6.92 Å². The van der Waals surface area contributed by atoms with Crippen molar-refractivity contribution < 1.29 is 5.11 Å². The van der Waals surface area contributed by atoms with Crippen LogP contribution in [0.1, 0.15) is 17.4 Å². The Morgan fingerprint density at radius 2 is 2.05 bits per heavy atom. The van der Waals surface area contributed by atoms with Crippen LogP contribution in [0.25, 0.3) is 5.69 Å². The van der Waals surface area contributed by atoms with Crippen LogP contribution in [0.5, 0.6) is 0 Å². The van der Waals surface area contributed by atoms with E-state index in [4.69, 9.17) is 0 Å². The van der Waals surface area contributed by atoms with Gasteiger partial charge in [0, 0.05) is 31.0 Å². The molecule has 1 unspecified atom stereocenters. The average Bonchev–Trinajstić information content (AvgIpc) is 2.63. The van der Waals surface area contributed by atoms with E-state index in [0.29, 0.717) is 6.54 Å². The van der Waals surface area contributed by atoms with Crippen molar-refractivity contribution in [2.24, 2.45) is 7.05 Å². The minimum atomic E-state index is -0.646. The van der Waals surface area contributed by atoms with Crippen LogP contribution >= 0.6 is 0 Å². The van der Waals surface area contributed by atoms with Crippen LogP contribution in [0.2, 0.25) is 0 Å². The predicted molar refractivity (Wildman–Crippen MR) is 74.6 cm³/mol. The van der Waals surface area contributed by atoms with Gasteiger partial charge in [-0.1, -0.05) is 18.2 Å². The molecule has 0 bridgehead atoms. The van der Waals surface area contributed by atoms with Gasteiger partial charge in [0.1, 0.15) is 0 Å². The molecule has 2 rings (SSSR count). The summed E-state index contributed by atoms with van der Waals surface area (Å²) in [5, 5.41) is 13.1. The van der Waals surface area contributed by atoms with Gasteiger partial charge in [0.25, 0.3) is 0 Å². The summed E-state index contributed by atoms with van der Waals surface area (Å²) in [5.41, 5.74) is 2.21. The number of aromatic nitrogens is 2. The van der Waals surface area contributed by atoms with Crippen LogP contribution in [0.15, 0.2) is 35.3 Å². The Hall–Kier alpha value is -1.85. The molecular formula is C14H19N3O2. The molecule has 0 aliphatic heterocycles. The van der Waals surface area contributed by atoms with Crippen molar-refractivity contribution in [2.75, 3.05) is 13.6 Å². The van der Waals surface area contributed by atoms with Crippen LogP contribution in [-0.4, -0.2) is 27.8 Å². The molecule has 2 N–H and O–H groups in total. The van der Waals surface area contributed by atoms with E-state index in [1.165, 1.54) is 4.57 Å². The zero-order valence-corrected chi connectivity index (χ0v) is 11.4. The van der Waals surface area contributed by atoms with E-state index >= 15 is 0 Å². The number of nitrogens with zero attached hydrogens (tertiary/aromatic N) is 2. The maximum absolute atomic E-state index is 12.2. The minimum absolute atomic E-state index is 0.110. The van der Waals surface area contributed by atoms with E-state index in [9.17, 15) is 9.90 Å². The molecule has 1 heterocycles. The molecule has 2 aromatic rings. The Labute approximate surface area is 112 Å². The van der Waals surface area contributed by atoms with Gasteiger partial charge in [-0.15, -0.1) is 0 Å². The molecule has 102 valence electrons. The molecular weight excluding hydrogens is 242 g/mol. The van der Waals surface area contributed by atoms with Gasteiger partial charge in [-0.3, -0.25) is 4.57 Å². The Bertz CT molecular complexity index is 628. The Balaban J connectivity index is 2.60. The van der Waals surface area contributed by atoms with Gasteiger partial charge < -0.3 is 15.0 Å². The van der Waals surface area contributed by atoms with Gasteiger partial charge in [-0.25, -0.2) is 4.79 Å². The largest absolute Gasteiger partial charge is 0.387 e. The molecule has 1 aromatic heterocycles. The summed E-state index contributed by atoms with van der Waals surface area (Å²) in [4.78, 5) is 12.2.